The second kappa shape index (κ2) is 5.82. The highest BCUT2D eigenvalue weighted by Crippen LogP contribution is 2.27. The van der Waals surface area contributed by atoms with E-state index in [0.29, 0.717) is 0 Å². The summed E-state index contributed by atoms with van der Waals surface area (Å²) in [6, 6.07) is 9.59. The molecule has 0 aliphatic heterocycles. The Bertz CT molecular complexity index is 355. The minimum Gasteiger partial charge on any atom is -0.297 e. The van der Waals surface area contributed by atoms with Gasteiger partial charge in [0.2, 0.25) is 0 Å². The van der Waals surface area contributed by atoms with Crippen molar-refractivity contribution in [2.45, 2.75) is 34.3 Å². The number of carbonyl (C=O) groups excluding carboxylic acids is 1. The molecule has 0 unspecified atom stereocenters. The summed E-state index contributed by atoms with van der Waals surface area (Å²) >= 11 is 0. The molecule has 1 aromatic carbocycles. The van der Waals surface area contributed by atoms with Gasteiger partial charge in [-0.2, -0.15) is 4.89 Å². The van der Waals surface area contributed by atoms with Crippen molar-refractivity contribution in [2.75, 3.05) is 0 Å². The van der Waals surface area contributed by atoms with Gasteiger partial charge in [-0.1, -0.05) is 44.2 Å². The molecule has 0 aliphatic carbocycles. The standard InChI is InChI=1S/C14H20O3/c1-11(2)14(3,4)13(15)17-16-10-12-8-6-5-7-9-12/h5-9,11H,10H2,1-4H3. The molecule has 94 valence electrons. The molecule has 0 spiro atoms. The van der Waals surface area contributed by atoms with Gasteiger partial charge in [0, 0.05) is 0 Å². The fraction of sp³-hybridized carbons (Fsp3) is 0.500. The van der Waals surface area contributed by atoms with Gasteiger partial charge in [0.25, 0.3) is 0 Å². The highest BCUT2D eigenvalue weighted by Gasteiger charge is 2.33. The molecule has 0 saturated heterocycles. The minimum atomic E-state index is -0.531. The largest absolute Gasteiger partial charge is 0.348 e. The van der Waals surface area contributed by atoms with Crippen LogP contribution < -0.4 is 0 Å². The molecule has 0 N–H and O–H groups in total. The van der Waals surface area contributed by atoms with Gasteiger partial charge in [-0.05, 0) is 25.3 Å². The molecule has 17 heavy (non-hydrogen) atoms. The van der Waals surface area contributed by atoms with Gasteiger partial charge in [0.1, 0.15) is 6.61 Å². The number of carbonyl (C=O) groups is 1. The first kappa shape index (κ1) is 13.7. The maximum absolute atomic E-state index is 11.7. The van der Waals surface area contributed by atoms with Crippen molar-refractivity contribution in [1.82, 2.24) is 0 Å². The van der Waals surface area contributed by atoms with Crippen molar-refractivity contribution in [3.63, 3.8) is 0 Å². The first-order valence-corrected chi connectivity index (χ1v) is 5.82. The Balaban J connectivity index is 2.40. The summed E-state index contributed by atoms with van der Waals surface area (Å²) in [4.78, 5) is 21.6. The molecule has 0 bridgehead atoms. The van der Waals surface area contributed by atoms with Crippen LogP contribution in [0.5, 0.6) is 0 Å². The van der Waals surface area contributed by atoms with Crippen molar-refractivity contribution in [3.8, 4) is 0 Å². The van der Waals surface area contributed by atoms with Crippen LogP contribution in [0.3, 0.4) is 0 Å². The van der Waals surface area contributed by atoms with Crippen LogP contribution in [0.25, 0.3) is 0 Å². The fourth-order valence-corrected chi connectivity index (χ4v) is 1.07. The van der Waals surface area contributed by atoms with Crippen LogP contribution in [0.15, 0.2) is 30.3 Å². The van der Waals surface area contributed by atoms with E-state index in [9.17, 15) is 4.79 Å². The van der Waals surface area contributed by atoms with E-state index in [2.05, 4.69) is 0 Å². The normalized spacial score (nSPS) is 11.6. The van der Waals surface area contributed by atoms with Crippen LogP contribution in [-0.2, 0) is 21.2 Å². The highest BCUT2D eigenvalue weighted by molar-refractivity contribution is 5.75. The first-order chi connectivity index (χ1) is 7.94. The van der Waals surface area contributed by atoms with E-state index in [1.54, 1.807) is 0 Å². The lowest BCUT2D eigenvalue weighted by Gasteiger charge is -2.25. The van der Waals surface area contributed by atoms with Crippen molar-refractivity contribution < 1.29 is 14.6 Å². The molecule has 0 heterocycles. The molecule has 3 nitrogen and oxygen atoms in total. The lowest BCUT2D eigenvalue weighted by atomic mass is 9.81. The Morgan fingerprint density at radius 3 is 2.35 bits per heavy atom. The molecule has 1 rings (SSSR count). The van der Waals surface area contributed by atoms with Crippen LogP contribution >= 0.6 is 0 Å². The molecule has 0 aromatic heterocycles. The Morgan fingerprint density at radius 2 is 1.82 bits per heavy atom. The summed E-state index contributed by atoms with van der Waals surface area (Å²) in [5.74, 6) is -0.126. The van der Waals surface area contributed by atoms with Crippen molar-refractivity contribution in [2.24, 2.45) is 11.3 Å². The molecule has 0 aliphatic rings. The van der Waals surface area contributed by atoms with Crippen molar-refractivity contribution >= 4 is 5.97 Å². The van der Waals surface area contributed by atoms with E-state index in [-0.39, 0.29) is 18.5 Å². The van der Waals surface area contributed by atoms with E-state index in [1.807, 2.05) is 58.0 Å². The second-order valence-electron chi connectivity index (χ2n) is 4.99. The predicted octanol–water partition coefficient (Wildman–Crippen LogP) is 3.34. The smallest absolute Gasteiger partial charge is 0.297 e. The SMILES string of the molecule is CC(C)C(C)(C)C(=O)OOCc1ccccc1. The molecule has 0 saturated carbocycles. The van der Waals surface area contributed by atoms with Gasteiger partial charge >= 0.3 is 5.97 Å². The zero-order chi connectivity index (χ0) is 12.9. The van der Waals surface area contributed by atoms with Crippen LogP contribution in [-0.4, -0.2) is 5.97 Å². The molecular formula is C14H20O3. The number of benzene rings is 1. The Hall–Kier alpha value is -1.35. The lowest BCUT2D eigenvalue weighted by molar-refractivity contribution is -0.288. The number of hydrogen-bond acceptors (Lipinski definition) is 3. The zero-order valence-electron chi connectivity index (χ0n) is 10.9. The lowest BCUT2D eigenvalue weighted by Crippen LogP contribution is -2.31. The summed E-state index contributed by atoms with van der Waals surface area (Å²) in [5.41, 5.74) is 0.444. The zero-order valence-corrected chi connectivity index (χ0v) is 10.9. The monoisotopic (exact) mass is 236 g/mol. The van der Waals surface area contributed by atoms with Crippen LogP contribution in [0.2, 0.25) is 0 Å². The van der Waals surface area contributed by atoms with E-state index >= 15 is 0 Å². The average Bonchev–Trinajstić information content (AvgIpc) is 2.30. The molecule has 0 fully saturated rings. The molecule has 0 radical (unpaired) electrons. The molecule has 3 heteroatoms. The number of hydrogen-bond donors (Lipinski definition) is 0. The van der Waals surface area contributed by atoms with Crippen LogP contribution in [0.4, 0.5) is 0 Å². The summed E-state index contributed by atoms with van der Waals surface area (Å²) in [6.07, 6.45) is 0. The predicted molar refractivity (Wildman–Crippen MR) is 65.9 cm³/mol. The summed E-state index contributed by atoms with van der Waals surface area (Å²) in [7, 11) is 0. The minimum absolute atomic E-state index is 0.204. The van der Waals surface area contributed by atoms with Gasteiger partial charge in [-0.15, -0.1) is 0 Å². The highest BCUT2D eigenvalue weighted by atomic mass is 17.2. The summed E-state index contributed by atoms with van der Waals surface area (Å²) < 4.78 is 0. The van der Waals surface area contributed by atoms with E-state index < -0.39 is 5.41 Å². The quantitative estimate of drug-likeness (QED) is 0.581. The maximum Gasteiger partial charge on any atom is 0.348 e. The fourth-order valence-electron chi connectivity index (χ4n) is 1.07. The molecule has 0 atom stereocenters. The van der Waals surface area contributed by atoms with Crippen molar-refractivity contribution in [3.05, 3.63) is 35.9 Å². The third-order valence-corrected chi connectivity index (χ3v) is 3.17. The van der Waals surface area contributed by atoms with Gasteiger partial charge in [-0.3, -0.25) is 4.89 Å². The van der Waals surface area contributed by atoms with Gasteiger partial charge in [0.15, 0.2) is 0 Å². The summed E-state index contributed by atoms with van der Waals surface area (Å²) in [5, 5.41) is 0. The van der Waals surface area contributed by atoms with Gasteiger partial charge in [-0.25, -0.2) is 4.79 Å². The first-order valence-electron chi connectivity index (χ1n) is 5.82. The molecule has 0 amide bonds. The van der Waals surface area contributed by atoms with E-state index in [1.165, 1.54) is 0 Å². The third-order valence-electron chi connectivity index (χ3n) is 3.17. The van der Waals surface area contributed by atoms with Gasteiger partial charge in [0.05, 0.1) is 5.41 Å². The van der Waals surface area contributed by atoms with E-state index in [4.69, 9.17) is 9.78 Å². The topological polar surface area (TPSA) is 35.5 Å². The van der Waals surface area contributed by atoms with E-state index in [0.717, 1.165) is 5.56 Å². The average molecular weight is 236 g/mol. The maximum atomic E-state index is 11.7. The van der Waals surface area contributed by atoms with Crippen molar-refractivity contribution in [1.29, 1.82) is 0 Å². The van der Waals surface area contributed by atoms with Gasteiger partial charge < -0.3 is 0 Å². The van der Waals surface area contributed by atoms with Crippen LogP contribution in [0.1, 0.15) is 33.3 Å². The Kier molecular flexibility index (Phi) is 4.70. The Morgan fingerprint density at radius 1 is 1.24 bits per heavy atom. The summed E-state index contributed by atoms with van der Waals surface area (Å²) in [6.45, 7) is 7.95. The molecular weight excluding hydrogens is 216 g/mol. The number of rotatable bonds is 5. The Labute approximate surface area is 103 Å². The second-order valence-corrected chi connectivity index (χ2v) is 4.99. The molecule has 1 aromatic rings. The van der Waals surface area contributed by atoms with Crippen LogP contribution in [0, 0.1) is 11.3 Å². The third kappa shape index (κ3) is 3.86.